The Kier molecular flexibility index (Phi) is 9.07. The summed E-state index contributed by atoms with van der Waals surface area (Å²) in [6, 6.07) is 30.8. The summed E-state index contributed by atoms with van der Waals surface area (Å²) < 4.78 is 0. The summed E-state index contributed by atoms with van der Waals surface area (Å²) in [7, 11) is 0. The van der Waals surface area contributed by atoms with Gasteiger partial charge in [-0.1, -0.05) is 96.1 Å². The van der Waals surface area contributed by atoms with Gasteiger partial charge in [0, 0.05) is 16.5 Å². The van der Waals surface area contributed by atoms with Crippen LogP contribution in [0.5, 0.6) is 0 Å². The maximum Gasteiger partial charge on any atom is 0.187 e. The van der Waals surface area contributed by atoms with Crippen LogP contribution >= 0.6 is 0 Å². The van der Waals surface area contributed by atoms with Crippen molar-refractivity contribution in [2.75, 3.05) is 0 Å². The minimum absolute atomic E-state index is 0. The molecule has 4 aromatic carbocycles. The van der Waals surface area contributed by atoms with E-state index in [1.54, 1.807) is 12.1 Å². The van der Waals surface area contributed by atoms with E-state index in [9.17, 15) is 5.26 Å². The standard InChI is InChI=1S/C28H20N4S2.Ni/c1-30-22-11-7-10-21(17-22)28(32-24-13-3-5-15-26(24)34)27(20-9-6-8-19(16-20)18-29)31-23-12-2-4-14-25(23)33;/h2-17,27-28,33-34H;/q-2;/p-2. The van der Waals surface area contributed by atoms with Crippen molar-refractivity contribution in [3.8, 4) is 6.07 Å². The normalized spacial score (nSPS) is 11.7. The van der Waals surface area contributed by atoms with Crippen LogP contribution in [0.25, 0.3) is 15.5 Å². The van der Waals surface area contributed by atoms with Gasteiger partial charge < -0.3 is 35.9 Å². The maximum atomic E-state index is 9.51. The molecule has 4 rings (SSSR count). The molecule has 0 spiro atoms. The molecule has 0 bridgehead atoms. The van der Waals surface area contributed by atoms with E-state index in [-0.39, 0.29) is 16.5 Å². The molecule has 0 aliphatic carbocycles. The maximum absolute atomic E-state index is 9.51. The van der Waals surface area contributed by atoms with Crippen LogP contribution < -0.4 is 0 Å². The van der Waals surface area contributed by atoms with E-state index in [0.29, 0.717) is 32.4 Å². The number of hydrogen-bond acceptors (Lipinski definition) is 3. The first-order chi connectivity index (χ1) is 16.6. The van der Waals surface area contributed by atoms with E-state index in [1.807, 2.05) is 84.9 Å². The Bertz CT molecular complexity index is 1290. The Morgan fingerprint density at radius 2 is 1.23 bits per heavy atom. The number of nitriles is 1. The zero-order valence-corrected chi connectivity index (χ0v) is 20.9. The van der Waals surface area contributed by atoms with E-state index in [2.05, 4.69) is 10.9 Å². The van der Waals surface area contributed by atoms with Crippen LogP contribution in [0.3, 0.4) is 0 Å². The zero-order valence-electron chi connectivity index (χ0n) is 18.3. The van der Waals surface area contributed by atoms with Gasteiger partial charge in [0.15, 0.2) is 5.69 Å². The Hall–Kier alpha value is -3.61. The molecule has 2 atom stereocenters. The molecule has 0 saturated carbocycles. The second-order valence-corrected chi connectivity index (χ2v) is 8.41. The van der Waals surface area contributed by atoms with E-state index < -0.39 is 12.1 Å². The van der Waals surface area contributed by atoms with Gasteiger partial charge in [0.1, 0.15) is 0 Å². The average molecular weight is 533 g/mol. The molecule has 0 fully saturated rings. The van der Waals surface area contributed by atoms with Gasteiger partial charge in [0.05, 0.1) is 18.2 Å². The molecular formula is C28H18N4NiS2-4. The second-order valence-electron chi connectivity index (χ2n) is 7.53. The van der Waals surface area contributed by atoms with Crippen molar-refractivity contribution < 1.29 is 16.5 Å². The number of para-hydroxylation sites is 2. The van der Waals surface area contributed by atoms with Gasteiger partial charge in [0.2, 0.25) is 0 Å². The summed E-state index contributed by atoms with van der Waals surface area (Å²) in [5.41, 5.74) is 4.02. The predicted octanol–water partition coefficient (Wildman–Crippen LogP) is 8.11. The minimum atomic E-state index is -0.506. The van der Waals surface area contributed by atoms with Crippen molar-refractivity contribution in [3.05, 3.63) is 136 Å². The molecule has 176 valence electrons. The van der Waals surface area contributed by atoms with Crippen LogP contribution in [0.15, 0.2) is 107 Å². The third-order valence-corrected chi connectivity index (χ3v) is 5.97. The van der Waals surface area contributed by atoms with Crippen molar-refractivity contribution >= 4 is 42.3 Å². The number of benzene rings is 4. The number of rotatable bonds is 7. The third-order valence-electron chi connectivity index (χ3n) is 5.28. The largest absolute Gasteiger partial charge is 0.781 e. The molecule has 0 aliphatic heterocycles. The van der Waals surface area contributed by atoms with Crippen molar-refractivity contribution in [2.45, 2.75) is 21.9 Å². The topological polar surface area (TPSA) is 56.4 Å². The second kappa shape index (κ2) is 12.2. The minimum Gasteiger partial charge on any atom is -0.781 e. The van der Waals surface area contributed by atoms with Gasteiger partial charge >= 0.3 is 0 Å². The van der Waals surface area contributed by atoms with E-state index in [1.165, 1.54) is 0 Å². The van der Waals surface area contributed by atoms with E-state index in [0.717, 1.165) is 11.1 Å². The molecular weight excluding hydrogens is 515 g/mol. The van der Waals surface area contributed by atoms with Gasteiger partial charge in [-0.3, -0.25) is 0 Å². The molecule has 35 heavy (non-hydrogen) atoms. The number of hydrogen-bond donors (Lipinski definition) is 0. The molecule has 4 nitrogen and oxygen atoms in total. The van der Waals surface area contributed by atoms with Crippen LogP contribution in [-0.4, -0.2) is 0 Å². The quantitative estimate of drug-likeness (QED) is 0.137. The SMILES string of the molecule is [C-]#[N+]c1cccc(C([N-]c2ccccc2[S-])C([N-]c2ccccc2[S-])c2cccc(C#N)c2)c1.[Ni]. The molecule has 0 aromatic heterocycles. The molecule has 0 heterocycles. The first-order valence-electron chi connectivity index (χ1n) is 10.5. The molecule has 4 aromatic rings. The first kappa shape index (κ1) is 26.0. The Morgan fingerprint density at radius 1 is 0.714 bits per heavy atom. The van der Waals surface area contributed by atoms with Gasteiger partial charge in [-0.25, -0.2) is 4.85 Å². The molecule has 0 amide bonds. The monoisotopic (exact) mass is 532 g/mol. The molecule has 0 N–H and O–H groups in total. The Labute approximate surface area is 227 Å². The summed E-state index contributed by atoms with van der Waals surface area (Å²) in [6.45, 7) is 7.47. The smallest absolute Gasteiger partial charge is 0.187 e. The van der Waals surface area contributed by atoms with Crippen LogP contribution in [0, 0.1) is 17.9 Å². The van der Waals surface area contributed by atoms with Crippen molar-refractivity contribution in [1.82, 2.24) is 0 Å². The van der Waals surface area contributed by atoms with Crippen molar-refractivity contribution in [2.24, 2.45) is 0 Å². The summed E-state index contributed by atoms with van der Waals surface area (Å²) in [5.74, 6) is 0. The molecule has 2 unspecified atom stereocenters. The first-order valence-corrected chi connectivity index (χ1v) is 11.3. The van der Waals surface area contributed by atoms with Gasteiger partial charge in [-0.2, -0.15) is 26.4 Å². The average Bonchev–Trinajstić information content (AvgIpc) is 2.88. The van der Waals surface area contributed by atoms with Crippen LogP contribution in [-0.2, 0) is 41.7 Å². The van der Waals surface area contributed by atoms with Gasteiger partial charge in [0.25, 0.3) is 0 Å². The van der Waals surface area contributed by atoms with Gasteiger partial charge in [-0.15, -0.1) is 12.1 Å². The molecule has 7 heteroatoms. The fourth-order valence-electron chi connectivity index (χ4n) is 3.65. The number of nitrogens with zero attached hydrogens (tertiary/aromatic N) is 4. The third kappa shape index (κ3) is 6.29. The summed E-state index contributed by atoms with van der Waals surface area (Å²) in [5, 5.41) is 19.6. The van der Waals surface area contributed by atoms with Crippen LogP contribution in [0.1, 0.15) is 28.8 Å². The predicted molar refractivity (Wildman–Crippen MR) is 140 cm³/mol. The van der Waals surface area contributed by atoms with E-state index >= 15 is 0 Å². The summed E-state index contributed by atoms with van der Waals surface area (Å²) >= 11 is 11.1. The summed E-state index contributed by atoms with van der Waals surface area (Å²) in [4.78, 5) is 4.85. The van der Waals surface area contributed by atoms with Crippen molar-refractivity contribution in [3.63, 3.8) is 0 Å². The Morgan fingerprint density at radius 3 is 1.74 bits per heavy atom. The summed E-state index contributed by atoms with van der Waals surface area (Å²) in [6.07, 6.45) is 0. The van der Waals surface area contributed by atoms with E-state index in [4.69, 9.17) is 42.5 Å². The zero-order chi connectivity index (χ0) is 23.9. The molecule has 0 radical (unpaired) electrons. The fraction of sp³-hybridized carbons (Fsp3) is 0.0714. The van der Waals surface area contributed by atoms with Crippen molar-refractivity contribution in [1.29, 1.82) is 5.26 Å². The van der Waals surface area contributed by atoms with Crippen LogP contribution in [0.4, 0.5) is 17.1 Å². The van der Waals surface area contributed by atoms with Crippen LogP contribution in [0.2, 0.25) is 0 Å². The fourth-order valence-corrected chi connectivity index (χ4v) is 4.05. The van der Waals surface area contributed by atoms with Gasteiger partial charge in [-0.05, 0) is 12.1 Å². The molecule has 0 saturated heterocycles. The Balaban J connectivity index is 0.00000342. The molecule has 0 aliphatic rings.